The number of hydrazine groups is 1. The number of hydrogen-bond donors (Lipinski definition) is 2. The van der Waals surface area contributed by atoms with Crippen LogP contribution in [0.5, 0.6) is 0 Å². The number of aryl methyl sites for hydroxylation is 1. The predicted octanol–water partition coefficient (Wildman–Crippen LogP) is 1.93. The first kappa shape index (κ1) is 13.6. The van der Waals surface area contributed by atoms with E-state index in [4.69, 9.17) is 5.84 Å². The van der Waals surface area contributed by atoms with Crippen LogP contribution < -0.4 is 11.3 Å². The monoisotopic (exact) mass is 266 g/mol. The van der Waals surface area contributed by atoms with E-state index in [1.807, 2.05) is 17.7 Å². The first-order valence-electron chi connectivity index (χ1n) is 6.07. The second kappa shape index (κ2) is 5.90. The summed E-state index contributed by atoms with van der Waals surface area (Å²) in [6.45, 7) is 2.75. The Bertz CT molecular complexity index is 553. The van der Waals surface area contributed by atoms with Crippen LogP contribution >= 0.6 is 0 Å². The van der Waals surface area contributed by atoms with Crippen molar-refractivity contribution in [3.63, 3.8) is 0 Å². The van der Waals surface area contributed by atoms with Gasteiger partial charge in [-0.15, -0.1) is 0 Å². The second-order valence-corrected chi connectivity index (χ2v) is 4.20. The van der Waals surface area contributed by atoms with Crippen molar-refractivity contribution in [1.82, 2.24) is 15.0 Å². The third-order valence-corrected chi connectivity index (χ3v) is 3.09. The number of nitrogens with one attached hydrogen (secondary N) is 1. The van der Waals surface area contributed by atoms with E-state index >= 15 is 0 Å². The van der Waals surface area contributed by atoms with Crippen LogP contribution in [-0.4, -0.2) is 9.55 Å². The zero-order chi connectivity index (χ0) is 13.8. The average molecular weight is 266 g/mol. The van der Waals surface area contributed by atoms with Crippen LogP contribution in [0.1, 0.15) is 24.4 Å². The van der Waals surface area contributed by atoms with Crippen molar-refractivity contribution >= 4 is 0 Å². The van der Waals surface area contributed by atoms with Crippen LogP contribution in [0.2, 0.25) is 0 Å². The second-order valence-electron chi connectivity index (χ2n) is 4.20. The molecule has 0 spiro atoms. The molecule has 102 valence electrons. The topological polar surface area (TPSA) is 55.9 Å². The molecule has 1 unspecified atom stereocenters. The van der Waals surface area contributed by atoms with E-state index in [1.54, 1.807) is 6.20 Å². The van der Waals surface area contributed by atoms with Gasteiger partial charge in [0.15, 0.2) is 11.6 Å². The molecule has 1 atom stereocenters. The Hall–Kier alpha value is -1.79. The molecule has 0 saturated heterocycles. The van der Waals surface area contributed by atoms with Gasteiger partial charge in [-0.05, 0) is 13.0 Å². The highest BCUT2D eigenvalue weighted by Gasteiger charge is 2.19. The Balaban J connectivity index is 2.28. The Labute approximate surface area is 110 Å². The zero-order valence-corrected chi connectivity index (χ0v) is 10.6. The molecule has 4 nitrogen and oxygen atoms in total. The molecule has 1 aromatic heterocycles. The molecule has 3 N–H and O–H groups in total. The van der Waals surface area contributed by atoms with Crippen LogP contribution in [0.4, 0.5) is 8.78 Å². The first-order valence-corrected chi connectivity index (χ1v) is 6.07. The van der Waals surface area contributed by atoms with Gasteiger partial charge >= 0.3 is 0 Å². The van der Waals surface area contributed by atoms with Crippen LogP contribution in [0.25, 0.3) is 0 Å². The lowest BCUT2D eigenvalue weighted by molar-refractivity contribution is 0.457. The summed E-state index contributed by atoms with van der Waals surface area (Å²) in [4.78, 5) is 4.20. The summed E-state index contributed by atoms with van der Waals surface area (Å²) in [5.41, 5.74) is 2.72. The summed E-state index contributed by atoms with van der Waals surface area (Å²) in [7, 11) is 0. The van der Waals surface area contributed by atoms with Crippen LogP contribution in [0.15, 0.2) is 30.6 Å². The summed E-state index contributed by atoms with van der Waals surface area (Å²) < 4.78 is 28.9. The Morgan fingerprint density at radius 2 is 2.21 bits per heavy atom. The highest BCUT2D eigenvalue weighted by Crippen LogP contribution is 2.21. The normalized spacial score (nSPS) is 12.6. The molecule has 6 heteroatoms. The lowest BCUT2D eigenvalue weighted by atomic mass is 10.0. The van der Waals surface area contributed by atoms with Crippen LogP contribution in [0.3, 0.4) is 0 Å². The fourth-order valence-corrected chi connectivity index (χ4v) is 2.05. The van der Waals surface area contributed by atoms with Gasteiger partial charge in [-0.25, -0.2) is 13.8 Å². The van der Waals surface area contributed by atoms with E-state index in [0.29, 0.717) is 6.42 Å². The maximum absolute atomic E-state index is 13.8. The van der Waals surface area contributed by atoms with E-state index in [-0.39, 0.29) is 5.56 Å². The fraction of sp³-hybridized carbons (Fsp3) is 0.308. The van der Waals surface area contributed by atoms with Gasteiger partial charge in [0, 0.05) is 30.9 Å². The van der Waals surface area contributed by atoms with Gasteiger partial charge in [-0.1, -0.05) is 12.1 Å². The van der Waals surface area contributed by atoms with E-state index < -0.39 is 17.7 Å². The van der Waals surface area contributed by atoms with Crippen molar-refractivity contribution in [2.45, 2.75) is 25.9 Å². The molecular weight excluding hydrogens is 250 g/mol. The summed E-state index contributed by atoms with van der Waals surface area (Å²) >= 11 is 0. The van der Waals surface area contributed by atoms with Crippen molar-refractivity contribution in [2.75, 3.05) is 0 Å². The summed E-state index contributed by atoms with van der Waals surface area (Å²) in [5.74, 6) is 4.47. The Morgan fingerprint density at radius 1 is 1.42 bits per heavy atom. The number of nitrogens with zero attached hydrogens (tertiary/aromatic N) is 2. The Morgan fingerprint density at radius 3 is 2.89 bits per heavy atom. The number of halogens is 2. The number of aromatic nitrogens is 2. The number of rotatable bonds is 5. The van der Waals surface area contributed by atoms with E-state index in [0.717, 1.165) is 18.4 Å². The largest absolute Gasteiger partial charge is 0.335 e. The smallest absolute Gasteiger partial charge is 0.163 e. The van der Waals surface area contributed by atoms with Gasteiger partial charge in [0.25, 0.3) is 0 Å². The molecule has 0 saturated carbocycles. The van der Waals surface area contributed by atoms with Crippen molar-refractivity contribution in [3.8, 4) is 0 Å². The highest BCUT2D eigenvalue weighted by atomic mass is 19.2. The molecule has 0 aliphatic heterocycles. The van der Waals surface area contributed by atoms with Crippen molar-refractivity contribution < 1.29 is 8.78 Å². The predicted molar refractivity (Wildman–Crippen MR) is 68.0 cm³/mol. The average Bonchev–Trinajstić information content (AvgIpc) is 2.87. The lowest BCUT2D eigenvalue weighted by Crippen LogP contribution is -2.31. The van der Waals surface area contributed by atoms with Gasteiger partial charge in [0.1, 0.15) is 5.82 Å². The zero-order valence-electron chi connectivity index (χ0n) is 10.6. The molecule has 2 aromatic rings. The molecule has 1 heterocycles. The molecule has 19 heavy (non-hydrogen) atoms. The number of benzene rings is 1. The minimum atomic E-state index is -0.878. The molecule has 0 aliphatic carbocycles. The van der Waals surface area contributed by atoms with E-state index in [1.165, 1.54) is 12.1 Å². The summed E-state index contributed by atoms with van der Waals surface area (Å²) in [5, 5.41) is 0. The first-order chi connectivity index (χ1) is 9.17. The van der Waals surface area contributed by atoms with Gasteiger partial charge in [0.2, 0.25) is 0 Å². The van der Waals surface area contributed by atoms with Crippen LogP contribution in [0, 0.1) is 11.6 Å². The number of nitrogens with two attached hydrogens (primary N) is 1. The van der Waals surface area contributed by atoms with Crippen molar-refractivity contribution in [2.24, 2.45) is 5.84 Å². The minimum absolute atomic E-state index is 0.202. The lowest BCUT2D eigenvalue weighted by Gasteiger charge is -2.17. The number of hydrogen-bond acceptors (Lipinski definition) is 3. The molecule has 0 amide bonds. The molecule has 0 radical (unpaired) electrons. The quantitative estimate of drug-likeness (QED) is 0.642. The molecule has 0 aliphatic rings. The highest BCUT2D eigenvalue weighted by molar-refractivity contribution is 5.23. The third-order valence-electron chi connectivity index (χ3n) is 3.09. The molecular formula is C13H16F2N4. The molecule has 0 bridgehead atoms. The maximum Gasteiger partial charge on any atom is 0.163 e. The summed E-state index contributed by atoms with van der Waals surface area (Å²) in [6.07, 6.45) is 3.90. The van der Waals surface area contributed by atoms with Gasteiger partial charge in [-0.2, -0.15) is 0 Å². The van der Waals surface area contributed by atoms with E-state index in [9.17, 15) is 8.78 Å². The minimum Gasteiger partial charge on any atom is -0.335 e. The third kappa shape index (κ3) is 2.80. The fourth-order valence-electron chi connectivity index (χ4n) is 2.05. The maximum atomic E-state index is 13.8. The van der Waals surface area contributed by atoms with Gasteiger partial charge in [-0.3, -0.25) is 11.3 Å². The molecule has 0 fully saturated rings. The van der Waals surface area contributed by atoms with Gasteiger partial charge in [0.05, 0.1) is 6.04 Å². The van der Waals surface area contributed by atoms with Crippen LogP contribution in [-0.2, 0) is 13.0 Å². The molecule has 1 aromatic carbocycles. The summed E-state index contributed by atoms with van der Waals surface area (Å²) in [6, 6.07) is 3.54. The number of imidazole rings is 1. The molecule has 2 rings (SSSR count). The Kier molecular flexibility index (Phi) is 4.24. The SMILES string of the molecule is CCn1ccnc1CC(NN)c1cccc(F)c1F. The van der Waals surface area contributed by atoms with E-state index in [2.05, 4.69) is 10.4 Å². The van der Waals surface area contributed by atoms with Crippen molar-refractivity contribution in [1.29, 1.82) is 0 Å². The van der Waals surface area contributed by atoms with Gasteiger partial charge < -0.3 is 4.57 Å². The standard InChI is InChI=1S/C13H16F2N4/c1-2-19-7-6-17-12(19)8-11(18-16)9-4-3-5-10(14)13(9)15/h3-7,11,18H,2,8,16H2,1H3. The van der Waals surface area contributed by atoms with Crippen molar-refractivity contribution in [3.05, 3.63) is 53.6 Å².